The van der Waals surface area contributed by atoms with Crippen LogP contribution >= 0.6 is 23.2 Å². The average molecular weight is 516 g/mol. The van der Waals surface area contributed by atoms with Gasteiger partial charge in [0.15, 0.2) is 11.5 Å². The van der Waals surface area contributed by atoms with Crippen LogP contribution in [0.4, 0.5) is 5.69 Å². The second-order valence-electron chi connectivity index (χ2n) is 7.05. The Morgan fingerprint density at radius 3 is 2.40 bits per heavy atom. The van der Waals surface area contributed by atoms with Gasteiger partial charge in [-0.05, 0) is 67.1 Å². The molecule has 0 aliphatic heterocycles. The predicted octanol–water partition coefficient (Wildman–Crippen LogP) is 5.07. The lowest BCUT2D eigenvalue weighted by atomic mass is 10.2. The summed E-state index contributed by atoms with van der Waals surface area (Å²) in [6.45, 7) is 2.49. The van der Waals surface area contributed by atoms with Crippen molar-refractivity contribution in [1.82, 2.24) is 5.43 Å². The van der Waals surface area contributed by atoms with E-state index < -0.39 is 11.8 Å². The van der Waals surface area contributed by atoms with E-state index >= 15 is 0 Å². The molecule has 182 valence electrons. The highest BCUT2D eigenvalue weighted by molar-refractivity contribution is 6.39. The number of nitrogens with one attached hydrogen (secondary N) is 2. The van der Waals surface area contributed by atoms with Gasteiger partial charge in [-0.1, -0.05) is 29.3 Å². The van der Waals surface area contributed by atoms with E-state index in [1.165, 1.54) is 13.3 Å². The van der Waals surface area contributed by atoms with Crippen LogP contribution in [0.1, 0.15) is 18.1 Å². The maximum Gasteiger partial charge on any atom is 0.329 e. The molecule has 0 bridgehead atoms. The topological polar surface area (TPSA) is 98.2 Å². The second kappa shape index (κ2) is 12.6. The van der Waals surface area contributed by atoms with Crippen LogP contribution < -0.4 is 25.0 Å². The zero-order valence-electron chi connectivity index (χ0n) is 19.0. The van der Waals surface area contributed by atoms with Crippen LogP contribution in [0, 0.1) is 0 Å². The van der Waals surface area contributed by atoms with Crippen LogP contribution in [0.2, 0.25) is 10.0 Å². The van der Waals surface area contributed by atoms with E-state index in [1.807, 2.05) is 6.92 Å². The summed E-state index contributed by atoms with van der Waals surface area (Å²) in [6.07, 6.45) is 1.39. The molecule has 0 aliphatic rings. The van der Waals surface area contributed by atoms with Gasteiger partial charge in [-0.25, -0.2) is 5.43 Å². The first kappa shape index (κ1) is 25.9. The van der Waals surface area contributed by atoms with Crippen molar-refractivity contribution >= 4 is 46.9 Å². The molecule has 0 spiro atoms. The van der Waals surface area contributed by atoms with Crippen LogP contribution in [0.5, 0.6) is 17.2 Å². The number of rotatable bonds is 9. The van der Waals surface area contributed by atoms with Crippen LogP contribution in [0.3, 0.4) is 0 Å². The quantitative estimate of drug-likeness (QED) is 0.235. The molecule has 2 N–H and O–H groups in total. The third kappa shape index (κ3) is 7.63. The number of amides is 2. The normalized spacial score (nSPS) is 10.6. The fourth-order valence-electron chi connectivity index (χ4n) is 2.87. The fraction of sp³-hybridized carbons (Fsp3) is 0.160. The Labute approximate surface area is 212 Å². The first-order chi connectivity index (χ1) is 16.9. The minimum absolute atomic E-state index is 0.225. The van der Waals surface area contributed by atoms with Gasteiger partial charge in [0.05, 0.1) is 19.9 Å². The van der Waals surface area contributed by atoms with Crippen molar-refractivity contribution in [1.29, 1.82) is 0 Å². The van der Waals surface area contributed by atoms with Crippen molar-refractivity contribution in [2.45, 2.75) is 13.5 Å². The molecule has 35 heavy (non-hydrogen) atoms. The predicted molar refractivity (Wildman–Crippen MR) is 136 cm³/mol. The van der Waals surface area contributed by atoms with Crippen molar-refractivity contribution in [2.24, 2.45) is 5.10 Å². The van der Waals surface area contributed by atoms with Gasteiger partial charge in [-0.3, -0.25) is 9.59 Å². The zero-order valence-corrected chi connectivity index (χ0v) is 20.5. The number of carbonyl (C=O) groups excluding carboxylic acids is 2. The molecule has 0 atom stereocenters. The first-order valence-corrected chi connectivity index (χ1v) is 11.3. The molecule has 0 aliphatic carbocycles. The molecule has 0 fully saturated rings. The molecule has 0 heterocycles. The molecule has 10 heteroatoms. The highest BCUT2D eigenvalue weighted by atomic mass is 35.5. The summed E-state index contributed by atoms with van der Waals surface area (Å²) in [5.41, 5.74) is 4.05. The molecule has 0 unspecified atom stereocenters. The van der Waals surface area contributed by atoms with Gasteiger partial charge < -0.3 is 19.5 Å². The third-order valence-electron chi connectivity index (χ3n) is 4.60. The number of nitrogens with zero attached hydrogens (tertiary/aromatic N) is 1. The Morgan fingerprint density at radius 1 is 0.943 bits per heavy atom. The molecule has 8 nitrogen and oxygen atoms in total. The SMILES string of the molecule is CCOc1cc(/C=N/NC(=O)C(=O)Nc2ccc(OC)cc2)ccc1OCc1ccc(Cl)cc1Cl. The van der Waals surface area contributed by atoms with Gasteiger partial charge in [0.1, 0.15) is 12.4 Å². The van der Waals surface area contributed by atoms with E-state index in [2.05, 4.69) is 15.8 Å². The number of anilines is 1. The van der Waals surface area contributed by atoms with Crippen molar-refractivity contribution in [3.05, 3.63) is 81.8 Å². The van der Waals surface area contributed by atoms with Crippen molar-refractivity contribution < 1.29 is 23.8 Å². The number of benzene rings is 3. The summed E-state index contributed by atoms with van der Waals surface area (Å²) in [7, 11) is 1.54. The molecule has 3 aromatic carbocycles. The van der Waals surface area contributed by atoms with Gasteiger partial charge in [-0.15, -0.1) is 0 Å². The molecule has 3 rings (SSSR count). The van der Waals surface area contributed by atoms with Crippen LogP contribution in [0.25, 0.3) is 0 Å². The Bertz CT molecular complexity index is 1220. The third-order valence-corrected chi connectivity index (χ3v) is 5.19. The van der Waals surface area contributed by atoms with Crippen molar-refractivity contribution in [3.63, 3.8) is 0 Å². The smallest absolute Gasteiger partial charge is 0.329 e. The van der Waals surface area contributed by atoms with E-state index in [9.17, 15) is 9.59 Å². The lowest BCUT2D eigenvalue weighted by molar-refractivity contribution is -0.136. The van der Waals surface area contributed by atoms with Gasteiger partial charge >= 0.3 is 11.8 Å². The number of hydrogen-bond donors (Lipinski definition) is 2. The van der Waals surface area contributed by atoms with E-state index in [0.29, 0.717) is 45.2 Å². The number of hydrogen-bond acceptors (Lipinski definition) is 6. The summed E-state index contributed by atoms with van der Waals surface area (Å²) < 4.78 is 16.6. The summed E-state index contributed by atoms with van der Waals surface area (Å²) in [4.78, 5) is 24.1. The molecule has 2 amide bonds. The minimum Gasteiger partial charge on any atom is -0.497 e. The molecule has 3 aromatic rings. The number of ether oxygens (including phenoxy) is 3. The summed E-state index contributed by atoms with van der Waals surface area (Å²) in [6, 6.07) is 16.9. The summed E-state index contributed by atoms with van der Waals surface area (Å²) in [5, 5.41) is 7.37. The molecular weight excluding hydrogens is 493 g/mol. The van der Waals surface area contributed by atoms with E-state index in [4.69, 9.17) is 37.4 Å². The van der Waals surface area contributed by atoms with Gasteiger partial charge in [-0.2, -0.15) is 5.10 Å². The van der Waals surface area contributed by atoms with Gasteiger partial charge in [0.25, 0.3) is 0 Å². The number of hydrazone groups is 1. The molecule has 0 saturated carbocycles. The largest absolute Gasteiger partial charge is 0.497 e. The minimum atomic E-state index is -0.915. The average Bonchev–Trinajstić information content (AvgIpc) is 2.85. The first-order valence-electron chi connectivity index (χ1n) is 10.5. The number of halogens is 2. The lowest BCUT2D eigenvalue weighted by Gasteiger charge is -2.13. The van der Waals surface area contributed by atoms with E-state index in [1.54, 1.807) is 60.7 Å². The lowest BCUT2D eigenvalue weighted by Crippen LogP contribution is -2.32. The molecule has 0 saturated heterocycles. The van der Waals surface area contributed by atoms with Crippen molar-refractivity contribution in [2.75, 3.05) is 19.0 Å². The number of methoxy groups -OCH3 is 1. The summed E-state index contributed by atoms with van der Waals surface area (Å²) in [5.74, 6) is -0.134. The van der Waals surface area contributed by atoms with Crippen molar-refractivity contribution in [3.8, 4) is 17.2 Å². The number of carbonyl (C=O) groups is 2. The molecular formula is C25H23Cl2N3O5. The Kier molecular flexibility index (Phi) is 9.34. The standard InChI is InChI=1S/C25H23Cl2N3O5/c1-3-34-23-12-16(4-11-22(23)35-15-17-5-6-18(26)13-21(17)27)14-28-30-25(32)24(31)29-19-7-9-20(33-2)10-8-19/h4-14H,3,15H2,1-2H3,(H,29,31)(H,30,32)/b28-14+. The fourth-order valence-corrected chi connectivity index (χ4v) is 3.33. The Hall–Kier alpha value is -3.75. The van der Waals surface area contributed by atoms with Crippen LogP contribution in [0.15, 0.2) is 65.8 Å². The monoisotopic (exact) mass is 515 g/mol. The van der Waals surface area contributed by atoms with E-state index in [0.717, 1.165) is 5.56 Å². The highest BCUT2D eigenvalue weighted by Crippen LogP contribution is 2.30. The zero-order chi connectivity index (χ0) is 25.2. The molecule has 0 aromatic heterocycles. The maximum absolute atomic E-state index is 12.0. The Morgan fingerprint density at radius 2 is 1.71 bits per heavy atom. The van der Waals surface area contributed by atoms with Gasteiger partial charge in [0, 0.05) is 21.3 Å². The highest BCUT2D eigenvalue weighted by Gasteiger charge is 2.13. The second-order valence-corrected chi connectivity index (χ2v) is 7.89. The van der Waals surface area contributed by atoms with E-state index in [-0.39, 0.29) is 6.61 Å². The molecule has 0 radical (unpaired) electrons. The summed E-state index contributed by atoms with van der Waals surface area (Å²) >= 11 is 12.1. The maximum atomic E-state index is 12.0. The Balaban J connectivity index is 1.59. The van der Waals surface area contributed by atoms with Crippen LogP contribution in [-0.4, -0.2) is 31.7 Å². The van der Waals surface area contributed by atoms with Gasteiger partial charge in [0.2, 0.25) is 0 Å². The van der Waals surface area contributed by atoms with Crippen LogP contribution in [-0.2, 0) is 16.2 Å².